The van der Waals surface area contributed by atoms with E-state index in [0.717, 1.165) is 0 Å². The molecule has 0 spiro atoms. The summed E-state index contributed by atoms with van der Waals surface area (Å²) in [6.07, 6.45) is 0. The summed E-state index contributed by atoms with van der Waals surface area (Å²) in [6.45, 7) is 9.93. The minimum absolute atomic E-state index is 0.116. The largest absolute Gasteiger partial charge is 0.426 e. The van der Waals surface area contributed by atoms with Crippen LogP contribution in [0.15, 0.2) is 30.3 Å². The van der Waals surface area contributed by atoms with Crippen LogP contribution in [-0.2, 0) is 4.79 Å². The maximum absolute atomic E-state index is 12.1. The van der Waals surface area contributed by atoms with E-state index in [1.807, 2.05) is 30.3 Å². The minimum atomic E-state index is -1.39. The molecule has 0 unspecified atom stereocenters. The summed E-state index contributed by atoms with van der Waals surface area (Å²) < 4.78 is 7.96. The van der Waals surface area contributed by atoms with Crippen LogP contribution < -0.4 is 4.74 Å². The zero-order valence-electron chi connectivity index (χ0n) is 12.3. The quantitative estimate of drug-likeness (QED) is 0.486. The van der Waals surface area contributed by atoms with Gasteiger partial charge in [-0.3, -0.25) is 4.79 Å². The summed E-state index contributed by atoms with van der Waals surface area (Å²) in [7, 11) is -2.78. The van der Waals surface area contributed by atoms with Crippen molar-refractivity contribution in [3.63, 3.8) is 0 Å². The second kappa shape index (κ2) is 5.22. The van der Waals surface area contributed by atoms with Crippen LogP contribution in [0, 0.1) is 0 Å². The Morgan fingerprint density at radius 1 is 1.11 bits per heavy atom. The number of esters is 1. The molecule has 0 aromatic heterocycles. The third kappa shape index (κ3) is 3.35. The molecule has 0 aliphatic carbocycles. The maximum Gasteiger partial charge on any atom is 0.324 e. The topological polar surface area (TPSA) is 29.5 Å². The summed E-state index contributed by atoms with van der Waals surface area (Å²) in [5.41, 5.74) is 0. The summed E-state index contributed by atoms with van der Waals surface area (Å²) in [4.78, 5) is 12.1. The number of hydrogen-bond acceptors (Lipinski definition) is 3. The van der Waals surface area contributed by atoms with E-state index in [1.165, 1.54) is 12.1 Å². The van der Waals surface area contributed by atoms with Gasteiger partial charge in [0.25, 0.3) is 0 Å². The SMILES string of the molecule is C[Si]1(C)CC[Si](C)(C)N1CC(=O)Oc1ccccc1. The molecule has 104 valence electrons. The lowest BCUT2D eigenvalue weighted by Crippen LogP contribution is -2.57. The Hall–Kier alpha value is -0.916. The van der Waals surface area contributed by atoms with Crippen LogP contribution in [0.5, 0.6) is 5.75 Å². The van der Waals surface area contributed by atoms with Gasteiger partial charge < -0.3 is 8.97 Å². The fraction of sp³-hybridized carbons (Fsp3) is 0.500. The Morgan fingerprint density at radius 2 is 1.63 bits per heavy atom. The van der Waals surface area contributed by atoms with Gasteiger partial charge in [-0.1, -0.05) is 44.4 Å². The molecule has 0 N–H and O–H groups in total. The van der Waals surface area contributed by atoms with Crippen molar-refractivity contribution in [2.75, 3.05) is 6.54 Å². The molecular weight excluding hydrogens is 270 g/mol. The van der Waals surface area contributed by atoms with E-state index in [1.54, 1.807) is 0 Å². The number of ether oxygens (including phenoxy) is 1. The standard InChI is InChI=1S/C14H23NO2Si2/c1-18(2)10-11-19(3,4)15(18)12-14(16)17-13-8-6-5-7-9-13/h5-9H,10-12H2,1-4H3. The van der Waals surface area contributed by atoms with Crippen molar-refractivity contribution in [2.45, 2.75) is 38.3 Å². The summed E-state index contributed by atoms with van der Waals surface area (Å²) >= 11 is 0. The van der Waals surface area contributed by atoms with Gasteiger partial charge in [0.1, 0.15) is 22.2 Å². The normalized spacial score (nSPS) is 21.3. The number of benzene rings is 1. The van der Waals surface area contributed by atoms with E-state index in [9.17, 15) is 4.79 Å². The summed E-state index contributed by atoms with van der Waals surface area (Å²) in [5, 5.41) is 0. The highest BCUT2D eigenvalue weighted by Gasteiger charge is 2.47. The Balaban J connectivity index is 2.02. The van der Waals surface area contributed by atoms with Crippen molar-refractivity contribution < 1.29 is 9.53 Å². The van der Waals surface area contributed by atoms with E-state index in [4.69, 9.17) is 4.74 Å². The predicted molar refractivity (Wildman–Crippen MR) is 83.4 cm³/mol. The number of para-hydroxylation sites is 1. The molecule has 1 aliphatic rings. The minimum Gasteiger partial charge on any atom is -0.426 e. The molecule has 5 heteroatoms. The number of carbonyl (C=O) groups is 1. The zero-order valence-corrected chi connectivity index (χ0v) is 14.3. The highest BCUT2D eigenvalue weighted by Crippen LogP contribution is 2.36. The number of hydrogen-bond donors (Lipinski definition) is 0. The predicted octanol–water partition coefficient (Wildman–Crippen LogP) is 3.32. The van der Waals surface area contributed by atoms with E-state index in [-0.39, 0.29) is 5.97 Å². The molecule has 1 heterocycles. The first-order valence-corrected chi connectivity index (χ1v) is 13.2. The van der Waals surface area contributed by atoms with E-state index in [2.05, 4.69) is 30.4 Å². The van der Waals surface area contributed by atoms with Crippen molar-refractivity contribution in [2.24, 2.45) is 0 Å². The van der Waals surface area contributed by atoms with Crippen LogP contribution in [0.3, 0.4) is 0 Å². The molecule has 19 heavy (non-hydrogen) atoms. The van der Waals surface area contributed by atoms with Crippen LogP contribution in [0.2, 0.25) is 38.3 Å². The third-order valence-corrected chi connectivity index (χ3v) is 14.4. The van der Waals surface area contributed by atoms with Gasteiger partial charge >= 0.3 is 5.97 Å². The van der Waals surface area contributed by atoms with Crippen molar-refractivity contribution >= 4 is 22.4 Å². The van der Waals surface area contributed by atoms with E-state index < -0.39 is 16.5 Å². The molecule has 0 radical (unpaired) electrons. The van der Waals surface area contributed by atoms with Crippen molar-refractivity contribution in [3.8, 4) is 5.75 Å². The molecule has 1 aliphatic heterocycles. The molecule has 3 nitrogen and oxygen atoms in total. The van der Waals surface area contributed by atoms with E-state index in [0.29, 0.717) is 12.3 Å². The first-order valence-electron chi connectivity index (χ1n) is 6.85. The molecule has 2 rings (SSSR count). The average Bonchev–Trinajstić information content (AvgIpc) is 2.54. The van der Waals surface area contributed by atoms with Gasteiger partial charge in [0.2, 0.25) is 0 Å². The van der Waals surface area contributed by atoms with Crippen LogP contribution in [-0.4, -0.2) is 33.2 Å². The first kappa shape index (κ1) is 14.5. The van der Waals surface area contributed by atoms with Gasteiger partial charge in [0.15, 0.2) is 0 Å². The first-order chi connectivity index (χ1) is 8.81. The van der Waals surface area contributed by atoms with Gasteiger partial charge in [0, 0.05) is 0 Å². The highest BCUT2D eigenvalue weighted by molar-refractivity contribution is 6.95. The lowest BCUT2D eigenvalue weighted by atomic mass is 10.3. The Morgan fingerprint density at radius 3 is 2.16 bits per heavy atom. The fourth-order valence-electron chi connectivity index (χ4n) is 2.91. The molecule has 1 aromatic carbocycles. The zero-order chi connectivity index (χ0) is 14.1. The molecule has 0 bridgehead atoms. The molecule has 1 saturated heterocycles. The molecule has 1 fully saturated rings. The van der Waals surface area contributed by atoms with Crippen molar-refractivity contribution in [1.82, 2.24) is 4.23 Å². The number of nitrogens with zero attached hydrogens (tertiary/aromatic N) is 1. The second-order valence-corrected chi connectivity index (χ2v) is 16.3. The summed E-state index contributed by atoms with van der Waals surface area (Å²) in [5.74, 6) is 0.528. The highest BCUT2D eigenvalue weighted by atomic mass is 28.4. The number of carbonyl (C=O) groups excluding carboxylic acids is 1. The average molecular weight is 294 g/mol. The lowest BCUT2D eigenvalue weighted by Gasteiger charge is -2.37. The maximum atomic E-state index is 12.1. The van der Waals surface area contributed by atoms with Crippen molar-refractivity contribution in [3.05, 3.63) is 30.3 Å². The Bertz CT molecular complexity index is 444. The smallest absolute Gasteiger partial charge is 0.324 e. The Labute approximate surface area is 117 Å². The lowest BCUT2D eigenvalue weighted by molar-refractivity contribution is -0.134. The van der Waals surface area contributed by atoms with Crippen LogP contribution >= 0.6 is 0 Å². The van der Waals surface area contributed by atoms with Gasteiger partial charge in [-0.15, -0.1) is 0 Å². The molecule has 0 saturated carbocycles. The fourth-order valence-corrected chi connectivity index (χ4v) is 16.7. The third-order valence-electron chi connectivity index (χ3n) is 4.07. The van der Waals surface area contributed by atoms with Gasteiger partial charge in [-0.2, -0.15) is 0 Å². The van der Waals surface area contributed by atoms with E-state index >= 15 is 0 Å². The monoisotopic (exact) mass is 293 g/mol. The van der Waals surface area contributed by atoms with Gasteiger partial charge in [0.05, 0.1) is 6.54 Å². The summed E-state index contributed by atoms with van der Waals surface area (Å²) in [6, 6.07) is 12.0. The molecular formula is C14H23NO2Si2. The second-order valence-electron chi connectivity index (χ2n) is 6.50. The van der Waals surface area contributed by atoms with Gasteiger partial charge in [-0.25, -0.2) is 0 Å². The molecule has 1 aromatic rings. The van der Waals surface area contributed by atoms with Crippen LogP contribution in [0.4, 0.5) is 0 Å². The molecule has 0 amide bonds. The Kier molecular flexibility index (Phi) is 3.99. The van der Waals surface area contributed by atoms with Crippen LogP contribution in [0.1, 0.15) is 0 Å². The molecule has 0 atom stereocenters. The van der Waals surface area contributed by atoms with Gasteiger partial charge in [-0.05, 0) is 24.2 Å². The van der Waals surface area contributed by atoms with Crippen molar-refractivity contribution in [1.29, 1.82) is 0 Å². The van der Waals surface area contributed by atoms with Crippen LogP contribution in [0.25, 0.3) is 0 Å². The number of rotatable bonds is 3.